The molecule has 1 aromatic rings. The monoisotopic (exact) mass is 379 g/mol. The number of carbonyl (C=O) groups excluding carboxylic acids is 2. The fraction of sp³-hybridized carbons (Fsp3) is 0.444. The zero-order valence-corrected chi connectivity index (χ0v) is 15.7. The molecule has 0 aromatic heterocycles. The number of carbonyl (C=O) groups is 4. The summed E-state index contributed by atoms with van der Waals surface area (Å²) in [7, 11) is 0. The molecule has 9 heteroatoms. The molecule has 27 heavy (non-hydrogen) atoms. The Labute approximate surface area is 157 Å². The Morgan fingerprint density at radius 3 is 1.85 bits per heavy atom. The van der Waals surface area contributed by atoms with Crippen LogP contribution in [0.4, 0.5) is 5.69 Å². The van der Waals surface area contributed by atoms with Crippen molar-refractivity contribution in [3.05, 3.63) is 29.3 Å². The SMILES string of the molecule is CC(=O)N1CCN(CC(=O)Nc2c(C)cccc2C)CC1.O=C(O)C(=O)O. The second-order valence-corrected chi connectivity index (χ2v) is 6.21. The number of piperazine rings is 1. The van der Waals surface area contributed by atoms with Crippen LogP contribution in [0.25, 0.3) is 0 Å². The van der Waals surface area contributed by atoms with Gasteiger partial charge in [-0.2, -0.15) is 0 Å². The normalized spacial score (nSPS) is 14.0. The Morgan fingerprint density at radius 1 is 0.963 bits per heavy atom. The Balaban J connectivity index is 0.000000527. The summed E-state index contributed by atoms with van der Waals surface area (Å²) < 4.78 is 0. The molecule has 0 saturated carbocycles. The highest BCUT2D eigenvalue weighted by atomic mass is 16.4. The third-order valence-electron chi connectivity index (χ3n) is 4.11. The van der Waals surface area contributed by atoms with Crippen LogP contribution in [-0.2, 0) is 19.2 Å². The van der Waals surface area contributed by atoms with Crippen molar-refractivity contribution in [2.75, 3.05) is 38.0 Å². The van der Waals surface area contributed by atoms with Crippen molar-refractivity contribution in [3.8, 4) is 0 Å². The van der Waals surface area contributed by atoms with Crippen LogP contribution < -0.4 is 5.32 Å². The number of rotatable bonds is 3. The van der Waals surface area contributed by atoms with Crippen molar-refractivity contribution in [3.63, 3.8) is 0 Å². The first-order chi connectivity index (χ1) is 12.6. The summed E-state index contributed by atoms with van der Waals surface area (Å²) in [6.45, 7) is 8.85. The van der Waals surface area contributed by atoms with Crippen molar-refractivity contribution in [2.24, 2.45) is 0 Å². The summed E-state index contributed by atoms with van der Waals surface area (Å²) in [6.07, 6.45) is 0. The van der Waals surface area contributed by atoms with Gasteiger partial charge < -0.3 is 20.4 Å². The minimum absolute atomic E-state index is 0.00340. The topological polar surface area (TPSA) is 127 Å². The molecule has 1 heterocycles. The first kappa shape index (κ1) is 22.1. The molecule has 2 amide bonds. The van der Waals surface area contributed by atoms with Gasteiger partial charge in [-0.1, -0.05) is 18.2 Å². The van der Waals surface area contributed by atoms with E-state index in [9.17, 15) is 9.59 Å². The number of aliphatic carboxylic acids is 2. The van der Waals surface area contributed by atoms with Gasteiger partial charge in [-0.15, -0.1) is 0 Å². The minimum Gasteiger partial charge on any atom is -0.473 e. The summed E-state index contributed by atoms with van der Waals surface area (Å²) in [6, 6.07) is 5.98. The van der Waals surface area contributed by atoms with Gasteiger partial charge in [0, 0.05) is 38.8 Å². The van der Waals surface area contributed by atoms with Crippen LogP contribution >= 0.6 is 0 Å². The van der Waals surface area contributed by atoms with Gasteiger partial charge >= 0.3 is 11.9 Å². The predicted octanol–water partition coefficient (Wildman–Crippen LogP) is 0.562. The number of amides is 2. The van der Waals surface area contributed by atoms with Crippen LogP contribution in [-0.4, -0.2) is 76.5 Å². The highest BCUT2D eigenvalue weighted by molar-refractivity contribution is 6.27. The van der Waals surface area contributed by atoms with Crippen molar-refractivity contribution in [1.29, 1.82) is 0 Å². The quantitative estimate of drug-likeness (QED) is 0.655. The van der Waals surface area contributed by atoms with E-state index in [0.29, 0.717) is 19.6 Å². The number of hydrogen-bond donors (Lipinski definition) is 3. The lowest BCUT2D eigenvalue weighted by molar-refractivity contribution is -0.159. The first-order valence-electron chi connectivity index (χ1n) is 8.42. The molecule has 1 saturated heterocycles. The van der Waals surface area contributed by atoms with E-state index < -0.39 is 11.9 Å². The number of carboxylic acid groups (broad SMARTS) is 2. The van der Waals surface area contributed by atoms with Gasteiger partial charge in [0.1, 0.15) is 0 Å². The fourth-order valence-corrected chi connectivity index (χ4v) is 2.61. The Morgan fingerprint density at radius 2 is 1.44 bits per heavy atom. The Kier molecular flexibility index (Phi) is 8.40. The highest BCUT2D eigenvalue weighted by Gasteiger charge is 2.20. The van der Waals surface area contributed by atoms with Crippen molar-refractivity contribution >= 4 is 29.4 Å². The maximum absolute atomic E-state index is 12.2. The molecule has 0 spiro atoms. The van der Waals surface area contributed by atoms with E-state index in [1.165, 1.54) is 0 Å². The molecule has 0 unspecified atom stereocenters. The molecular weight excluding hydrogens is 354 g/mol. The molecule has 148 valence electrons. The van der Waals surface area contributed by atoms with E-state index in [4.69, 9.17) is 19.8 Å². The standard InChI is InChI=1S/C16H23N3O2.C2H2O4/c1-12-5-4-6-13(2)16(12)17-15(21)11-18-7-9-19(10-8-18)14(3)20;3-1(4)2(5)6/h4-6H,7-11H2,1-3H3,(H,17,21);(H,3,4)(H,5,6). The third-order valence-corrected chi connectivity index (χ3v) is 4.11. The zero-order valence-electron chi connectivity index (χ0n) is 15.7. The number of nitrogens with zero attached hydrogens (tertiary/aromatic N) is 2. The largest absolute Gasteiger partial charge is 0.473 e. The zero-order chi connectivity index (χ0) is 20.6. The van der Waals surface area contributed by atoms with Crippen LogP contribution in [0, 0.1) is 13.8 Å². The lowest BCUT2D eigenvalue weighted by Gasteiger charge is -2.33. The molecule has 0 atom stereocenters. The number of carboxylic acids is 2. The van der Waals surface area contributed by atoms with E-state index in [-0.39, 0.29) is 11.8 Å². The summed E-state index contributed by atoms with van der Waals surface area (Å²) in [5.41, 5.74) is 3.05. The van der Waals surface area contributed by atoms with E-state index in [2.05, 4.69) is 10.2 Å². The third kappa shape index (κ3) is 7.45. The van der Waals surface area contributed by atoms with Crippen molar-refractivity contribution < 1.29 is 29.4 Å². The summed E-state index contributed by atoms with van der Waals surface area (Å²) >= 11 is 0. The first-order valence-corrected chi connectivity index (χ1v) is 8.42. The van der Waals surface area contributed by atoms with E-state index in [0.717, 1.165) is 29.9 Å². The van der Waals surface area contributed by atoms with Gasteiger partial charge in [0.05, 0.1) is 6.54 Å². The molecule has 1 aliphatic rings. The molecule has 0 bridgehead atoms. The average molecular weight is 379 g/mol. The fourth-order valence-electron chi connectivity index (χ4n) is 2.61. The molecule has 9 nitrogen and oxygen atoms in total. The van der Waals surface area contributed by atoms with Gasteiger partial charge in [0.15, 0.2) is 0 Å². The van der Waals surface area contributed by atoms with E-state index in [1.54, 1.807) is 6.92 Å². The van der Waals surface area contributed by atoms with Crippen LogP contribution in [0.3, 0.4) is 0 Å². The minimum atomic E-state index is -1.82. The number of hydrogen-bond acceptors (Lipinski definition) is 5. The van der Waals surface area contributed by atoms with E-state index >= 15 is 0 Å². The second kappa shape index (κ2) is 10.3. The van der Waals surface area contributed by atoms with Crippen LogP contribution in [0.1, 0.15) is 18.1 Å². The van der Waals surface area contributed by atoms with E-state index in [1.807, 2.05) is 36.9 Å². The summed E-state index contributed by atoms with van der Waals surface area (Å²) in [5, 5.41) is 17.8. The number of anilines is 1. The molecule has 2 rings (SSSR count). The molecule has 1 aromatic carbocycles. The van der Waals surface area contributed by atoms with Gasteiger partial charge in [0.25, 0.3) is 0 Å². The second-order valence-electron chi connectivity index (χ2n) is 6.21. The smallest absolute Gasteiger partial charge is 0.414 e. The van der Waals surface area contributed by atoms with Crippen molar-refractivity contribution in [2.45, 2.75) is 20.8 Å². The average Bonchev–Trinajstić information content (AvgIpc) is 2.59. The number of benzene rings is 1. The predicted molar refractivity (Wildman–Crippen MR) is 98.5 cm³/mol. The summed E-state index contributed by atoms with van der Waals surface area (Å²) in [4.78, 5) is 45.5. The Hall–Kier alpha value is -2.94. The van der Waals surface area contributed by atoms with Gasteiger partial charge in [-0.3, -0.25) is 14.5 Å². The van der Waals surface area contributed by atoms with Gasteiger partial charge in [0.2, 0.25) is 11.8 Å². The van der Waals surface area contributed by atoms with Crippen molar-refractivity contribution in [1.82, 2.24) is 9.80 Å². The van der Waals surface area contributed by atoms with Crippen LogP contribution in [0.2, 0.25) is 0 Å². The highest BCUT2D eigenvalue weighted by Crippen LogP contribution is 2.19. The molecule has 0 radical (unpaired) electrons. The molecule has 1 fully saturated rings. The Bertz CT molecular complexity index is 679. The summed E-state index contributed by atoms with van der Waals surface area (Å²) in [5.74, 6) is -3.54. The van der Waals surface area contributed by atoms with Gasteiger partial charge in [-0.25, -0.2) is 9.59 Å². The van der Waals surface area contributed by atoms with Crippen LogP contribution in [0.5, 0.6) is 0 Å². The number of para-hydroxylation sites is 1. The molecular formula is C18H25N3O6. The molecule has 0 aliphatic carbocycles. The van der Waals surface area contributed by atoms with Crippen LogP contribution in [0.15, 0.2) is 18.2 Å². The number of nitrogens with one attached hydrogen (secondary N) is 1. The lowest BCUT2D eigenvalue weighted by Crippen LogP contribution is -2.49. The maximum atomic E-state index is 12.2. The maximum Gasteiger partial charge on any atom is 0.414 e. The molecule has 3 N–H and O–H groups in total. The lowest BCUT2D eigenvalue weighted by atomic mass is 10.1. The van der Waals surface area contributed by atoms with Gasteiger partial charge in [-0.05, 0) is 25.0 Å². The molecule has 1 aliphatic heterocycles. The number of aryl methyl sites for hydroxylation is 2.